The van der Waals surface area contributed by atoms with Gasteiger partial charge in [-0.25, -0.2) is 0 Å². The number of alkyl halides is 3. The zero-order chi connectivity index (χ0) is 10.1. The Morgan fingerprint density at radius 2 is 2.00 bits per heavy atom. The van der Waals surface area contributed by atoms with E-state index in [1.165, 1.54) is 0 Å². The number of carbonyl (C=O) groups is 1. The van der Waals surface area contributed by atoms with Crippen molar-refractivity contribution in [1.29, 1.82) is 5.26 Å². The molecule has 1 aliphatic carbocycles. The Morgan fingerprint density at radius 3 is 2.46 bits per heavy atom. The summed E-state index contributed by atoms with van der Waals surface area (Å²) < 4.78 is 36.5. The van der Waals surface area contributed by atoms with Gasteiger partial charge in [-0.05, 0) is 6.42 Å². The number of rotatable bonds is 0. The Kier molecular flexibility index (Phi) is 2.60. The molecule has 2 atom stereocenters. The van der Waals surface area contributed by atoms with Gasteiger partial charge in [-0.2, -0.15) is 18.4 Å². The fourth-order valence-corrected chi connectivity index (χ4v) is 1.49. The van der Waals surface area contributed by atoms with Gasteiger partial charge in [0.1, 0.15) is 5.78 Å². The van der Waals surface area contributed by atoms with Crippen molar-refractivity contribution in [2.24, 2.45) is 11.8 Å². The van der Waals surface area contributed by atoms with Gasteiger partial charge >= 0.3 is 6.18 Å². The molecule has 1 fully saturated rings. The van der Waals surface area contributed by atoms with Crippen LogP contribution in [0.2, 0.25) is 0 Å². The van der Waals surface area contributed by atoms with Gasteiger partial charge in [0.05, 0.1) is 17.9 Å². The molecule has 0 bridgehead atoms. The molecular weight excluding hydrogens is 183 g/mol. The molecule has 0 aromatic heterocycles. The second-order valence-corrected chi connectivity index (χ2v) is 3.25. The van der Waals surface area contributed by atoms with Crippen LogP contribution in [0.1, 0.15) is 19.3 Å². The predicted octanol–water partition coefficient (Wildman–Crippen LogP) is 2.06. The molecule has 0 spiro atoms. The topological polar surface area (TPSA) is 40.9 Å². The molecule has 0 aromatic rings. The summed E-state index contributed by atoms with van der Waals surface area (Å²) >= 11 is 0. The number of Topliss-reactive ketones (excluding diaryl/α,β-unsaturated/α-hetero) is 1. The third kappa shape index (κ3) is 2.44. The summed E-state index contributed by atoms with van der Waals surface area (Å²) in [6, 6.07) is 1.72. The molecule has 0 amide bonds. The van der Waals surface area contributed by atoms with Gasteiger partial charge < -0.3 is 0 Å². The molecule has 0 aliphatic heterocycles. The number of nitrogens with zero attached hydrogens (tertiary/aromatic N) is 1. The van der Waals surface area contributed by atoms with E-state index in [1.54, 1.807) is 6.07 Å². The van der Waals surface area contributed by atoms with Crippen LogP contribution in [0, 0.1) is 23.2 Å². The third-order valence-electron chi connectivity index (χ3n) is 2.16. The number of nitriles is 1. The normalized spacial score (nSPS) is 29.8. The lowest BCUT2D eigenvalue weighted by Gasteiger charge is -2.25. The maximum absolute atomic E-state index is 12.2. The van der Waals surface area contributed by atoms with Gasteiger partial charge in [0.15, 0.2) is 0 Å². The fraction of sp³-hybridized carbons (Fsp3) is 0.750. The Hall–Kier alpha value is -1.05. The van der Waals surface area contributed by atoms with Crippen LogP contribution in [0.5, 0.6) is 0 Å². The lowest BCUT2D eigenvalue weighted by Crippen LogP contribution is -2.32. The standard InChI is InChI=1S/C8H8F3NO/c9-8(10,11)6-1-5(4-12)2-7(13)3-6/h5-6H,1-3H2/t5-,6+/m1/s1. The van der Waals surface area contributed by atoms with E-state index in [0.717, 1.165) is 0 Å². The van der Waals surface area contributed by atoms with E-state index < -0.39 is 30.2 Å². The summed E-state index contributed by atoms with van der Waals surface area (Å²) in [5.74, 6) is -2.83. The van der Waals surface area contributed by atoms with E-state index in [4.69, 9.17) is 5.26 Å². The Balaban J connectivity index is 2.69. The Morgan fingerprint density at radius 1 is 1.38 bits per heavy atom. The highest BCUT2D eigenvalue weighted by molar-refractivity contribution is 5.80. The highest BCUT2D eigenvalue weighted by Gasteiger charge is 2.44. The highest BCUT2D eigenvalue weighted by atomic mass is 19.4. The molecule has 5 heteroatoms. The van der Waals surface area contributed by atoms with E-state index in [0.29, 0.717) is 0 Å². The van der Waals surface area contributed by atoms with Crippen LogP contribution in [0.4, 0.5) is 13.2 Å². The van der Waals surface area contributed by atoms with E-state index in [-0.39, 0.29) is 12.8 Å². The first-order valence-corrected chi connectivity index (χ1v) is 3.91. The van der Waals surface area contributed by atoms with Crippen LogP contribution < -0.4 is 0 Å². The predicted molar refractivity (Wildman–Crippen MR) is 37.5 cm³/mol. The smallest absolute Gasteiger partial charge is 0.300 e. The molecule has 1 rings (SSSR count). The van der Waals surface area contributed by atoms with Crippen molar-refractivity contribution in [2.75, 3.05) is 0 Å². The molecule has 0 heterocycles. The van der Waals surface area contributed by atoms with Crippen molar-refractivity contribution < 1.29 is 18.0 Å². The Bertz CT molecular complexity index is 253. The monoisotopic (exact) mass is 191 g/mol. The lowest BCUT2D eigenvalue weighted by atomic mass is 9.81. The number of carbonyl (C=O) groups excluding carboxylic acids is 1. The first-order valence-electron chi connectivity index (χ1n) is 3.91. The maximum atomic E-state index is 12.2. The number of halogens is 3. The molecule has 1 saturated carbocycles. The molecular formula is C8H8F3NO. The van der Waals surface area contributed by atoms with Crippen LogP contribution in [0.15, 0.2) is 0 Å². The van der Waals surface area contributed by atoms with Crippen molar-refractivity contribution in [3.8, 4) is 6.07 Å². The Labute approximate surface area is 73.3 Å². The number of hydrogen-bond acceptors (Lipinski definition) is 2. The first kappa shape index (κ1) is 10.0. The highest BCUT2D eigenvalue weighted by Crippen LogP contribution is 2.38. The number of hydrogen-bond donors (Lipinski definition) is 0. The van der Waals surface area contributed by atoms with Gasteiger partial charge in [-0.1, -0.05) is 0 Å². The van der Waals surface area contributed by atoms with Crippen LogP contribution in [0.25, 0.3) is 0 Å². The summed E-state index contributed by atoms with van der Waals surface area (Å²) in [4.78, 5) is 10.8. The van der Waals surface area contributed by atoms with Gasteiger partial charge in [0.2, 0.25) is 0 Å². The first-order chi connectivity index (χ1) is 5.93. The van der Waals surface area contributed by atoms with Crippen molar-refractivity contribution in [3.63, 3.8) is 0 Å². The molecule has 72 valence electrons. The average molecular weight is 191 g/mol. The van der Waals surface area contributed by atoms with Crippen LogP contribution in [-0.4, -0.2) is 12.0 Å². The summed E-state index contributed by atoms with van der Waals surface area (Å²) in [7, 11) is 0. The largest absolute Gasteiger partial charge is 0.392 e. The van der Waals surface area contributed by atoms with E-state index in [9.17, 15) is 18.0 Å². The molecule has 0 unspecified atom stereocenters. The van der Waals surface area contributed by atoms with Gasteiger partial charge in [0, 0.05) is 12.8 Å². The fourth-order valence-electron chi connectivity index (χ4n) is 1.49. The summed E-state index contributed by atoms with van der Waals surface area (Å²) in [5.41, 5.74) is 0. The summed E-state index contributed by atoms with van der Waals surface area (Å²) in [6.07, 6.45) is -5.05. The zero-order valence-electron chi connectivity index (χ0n) is 6.77. The van der Waals surface area contributed by atoms with Crippen molar-refractivity contribution in [1.82, 2.24) is 0 Å². The maximum Gasteiger partial charge on any atom is 0.392 e. The van der Waals surface area contributed by atoms with Crippen LogP contribution >= 0.6 is 0 Å². The van der Waals surface area contributed by atoms with E-state index in [2.05, 4.69) is 0 Å². The molecule has 2 nitrogen and oxygen atoms in total. The van der Waals surface area contributed by atoms with Gasteiger partial charge in [-0.15, -0.1) is 0 Å². The van der Waals surface area contributed by atoms with E-state index >= 15 is 0 Å². The zero-order valence-corrected chi connectivity index (χ0v) is 6.77. The molecule has 0 saturated heterocycles. The third-order valence-corrected chi connectivity index (χ3v) is 2.16. The van der Waals surface area contributed by atoms with E-state index in [1.807, 2.05) is 0 Å². The molecule has 0 radical (unpaired) electrons. The van der Waals surface area contributed by atoms with Crippen molar-refractivity contribution in [3.05, 3.63) is 0 Å². The second-order valence-electron chi connectivity index (χ2n) is 3.25. The summed E-state index contributed by atoms with van der Waals surface area (Å²) in [5, 5.41) is 8.42. The van der Waals surface area contributed by atoms with Gasteiger partial charge in [0.25, 0.3) is 0 Å². The quantitative estimate of drug-likeness (QED) is 0.588. The summed E-state index contributed by atoms with van der Waals surface area (Å²) in [6.45, 7) is 0. The molecule has 13 heavy (non-hydrogen) atoms. The minimum absolute atomic E-state index is 0.0247. The average Bonchev–Trinajstić information content (AvgIpc) is 2.01. The second kappa shape index (κ2) is 3.36. The van der Waals surface area contributed by atoms with Crippen LogP contribution in [-0.2, 0) is 4.79 Å². The lowest BCUT2D eigenvalue weighted by molar-refractivity contribution is -0.185. The molecule has 0 N–H and O–H groups in total. The minimum Gasteiger partial charge on any atom is -0.300 e. The number of ketones is 1. The molecule has 0 aromatic carbocycles. The van der Waals surface area contributed by atoms with Crippen molar-refractivity contribution >= 4 is 5.78 Å². The van der Waals surface area contributed by atoms with Crippen molar-refractivity contribution in [2.45, 2.75) is 25.4 Å². The molecule has 1 aliphatic rings. The van der Waals surface area contributed by atoms with Crippen LogP contribution in [0.3, 0.4) is 0 Å². The van der Waals surface area contributed by atoms with Gasteiger partial charge in [-0.3, -0.25) is 4.79 Å². The SMILES string of the molecule is N#C[C@H]1CC(=O)C[C@@H](C(F)(F)F)C1. The minimum atomic E-state index is -4.34.